The fourth-order valence-corrected chi connectivity index (χ4v) is 6.01. The Kier molecular flexibility index (Phi) is 6.15. The number of thiophene rings is 1. The number of ketones is 1. The van der Waals surface area contributed by atoms with Gasteiger partial charge in [0.05, 0.1) is 40.6 Å². The van der Waals surface area contributed by atoms with Gasteiger partial charge in [-0.05, 0) is 23.6 Å². The zero-order valence-corrected chi connectivity index (χ0v) is 20.9. The first-order chi connectivity index (χ1) is 17.2. The lowest BCUT2D eigenvalue weighted by molar-refractivity contribution is -0.132. The molecule has 5 rings (SSSR count). The zero-order chi connectivity index (χ0) is 25.7. The summed E-state index contributed by atoms with van der Waals surface area (Å²) in [5, 5.41) is 13.3. The molecule has 12 heteroatoms. The van der Waals surface area contributed by atoms with Gasteiger partial charge in [-0.15, -0.1) is 11.3 Å². The summed E-state index contributed by atoms with van der Waals surface area (Å²) >= 11 is 8.44. The molecule has 1 aliphatic heterocycles. The molecule has 0 spiro atoms. The van der Waals surface area contributed by atoms with Gasteiger partial charge in [-0.25, -0.2) is 13.8 Å². The lowest BCUT2D eigenvalue weighted by Gasteiger charge is -2.21. The van der Waals surface area contributed by atoms with Crippen LogP contribution in [0.3, 0.4) is 0 Å². The molecule has 2 aromatic heterocycles. The average Bonchev–Trinajstić information content (AvgIpc) is 3.58. The first-order valence-electron chi connectivity index (χ1n) is 10.3. The third kappa shape index (κ3) is 3.80. The Hall–Kier alpha value is -3.54. The van der Waals surface area contributed by atoms with Crippen LogP contribution in [0.25, 0.3) is 16.0 Å². The number of hydrogen-bond acceptors (Lipinski definition) is 8. The summed E-state index contributed by atoms with van der Waals surface area (Å²) in [6.45, 7) is 0. The fourth-order valence-electron chi connectivity index (χ4n) is 3.95. The Labute approximate surface area is 215 Å². The highest BCUT2D eigenvalue weighted by molar-refractivity contribution is 7.22. The second kappa shape index (κ2) is 9.16. The Morgan fingerprint density at radius 3 is 2.50 bits per heavy atom. The summed E-state index contributed by atoms with van der Waals surface area (Å²) in [7, 11) is 2.78. The molecule has 0 bridgehead atoms. The Bertz CT molecular complexity index is 1530. The number of aromatic nitrogens is 1. The Morgan fingerprint density at radius 1 is 1.11 bits per heavy atom. The Balaban J connectivity index is 1.73. The molecule has 4 aromatic rings. The number of halogens is 3. The maximum atomic E-state index is 13.8. The van der Waals surface area contributed by atoms with E-state index in [-0.39, 0.29) is 38.3 Å². The molecule has 1 saturated heterocycles. The number of fused-ring (bicyclic) bond motifs is 1. The van der Waals surface area contributed by atoms with E-state index in [1.165, 1.54) is 37.7 Å². The fraction of sp³-hybridized carbons (Fsp3) is 0.125. The van der Waals surface area contributed by atoms with Gasteiger partial charge in [-0.2, -0.15) is 0 Å². The molecule has 1 unspecified atom stereocenters. The quantitative estimate of drug-likeness (QED) is 0.189. The van der Waals surface area contributed by atoms with Crippen molar-refractivity contribution in [2.75, 3.05) is 19.1 Å². The van der Waals surface area contributed by atoms with E-state index < -0.39 is 35.1 Å². The second-order valence-electron chi connectivity index (χ2n) is 7.60. The van der Waals surface area contributed by atoms with E-state index in [2.05, 4.69) is 4.98 Å². The number of carbonyl (C=O) groups excluding carboxylic acids is 2. The van der Waals surface area contributed by atoms with Gasteiger partial charge in [-0.3, -0.25) is 14.5 Å². The van der Waals surface area contributed by atoms with Gasteiger partial charge in [0, 0.05) is 17.0 Å². The van der Waals surface area contributed by atoms with Gasteiger partial charge >= 0.3 is 5.91 Å². The molecular formula is C24H15ClF2N2O5S2. The average molecular weight is 549 g/mol. The van der Waals surface area contributed by atoms with Crippen molar-refractivity contribution in [2.45, 2.75) is 6.04 Å². The molecule has 1 fully saturated rings. The van der Waals surface area contributed by atoms with Gasteiger partial charge in [0.25, 0.3) is 5.78 Å². The topological polar surface area (TPSA) is 89.0 Å². The number of aliphatic hydroxyl groups excluding tert-OH is 1. The van der Waals surface area contributed by atoms with Crippen molar-refractivity contribution in [1.82, 2.24) is 4.98 Å². The number of nitrogens with zero attached hydrogens (tertiary/aromatic N) is 2. The standard InChI is InChI=1S/C24H15ClF2N2O5S2/c1-33-15-9-16(34-2)11(25)6-10(15)21(30)19-20(17-4-3-5-35-17)29(23(32)22(19)31)24-28-14-7-12(26)13(27)8-18(14)36-24/h3-9,20,30H,1-2H3/b21-19+. The van der Waals surface area contributed by atoms with Crippen LogP contribution >= 0.6 is 34.3 Å². The van der Waals surface area contributed by atoms with Crippen LogP contribution < -0.4 is 14.4 Å². The molecule has 1 atom stereocenters. The maximum Gasteiger partial charge on any atom is 0.301 e. The van der Waals surface area contributed by atoms with Crippen molar-refractivity contribution in [2.24, 2.45) is 0 Å². The molecule has 7 nitrogen and oxygen atoms in total. The summed E-state index contributed by atoms with van der Waals surface area (Å²) in [5.41, 5.74) is -0.000709. The lowest BCUT2D eigenvalue weighted by atomic mass is 9.99. The number of thiazole rings is 1. The molecule has 36 heavy (non-hydrogen) atoms. The van der Waals surface area contributed by atoms with E-state index in [0.29, 0.717) is 9.58 Å². The number of amides is 1. The van der Waals surface area contributed by atoms with Gasteiger partial charge < -0.3 is 14.6 Å². The smallest absolute Gasteiger partial charge is 0.301 e. The lowest BCUT2D eigenvalue weighted by Crippen LogP contribution is -2.28. The number of hydrogen-bond donors (Lipinski definition) is 1. The summed E-state index contributed by atoms with van der Waals surface area (Å²) in [6.07, 6.45) is 0. The summed E-state index contributed by atoms with van der Waals surface area (Å²) < 4.78 is 38.4. The van der Waals surface area contributed by atoms with Crippen LogP contribution in [-0.2, 0) is 9.59 Å². The molecule has 1 N–H and O–H groups in total. The minimum absolute atomic E-state index is 0.0503. The first kappa shape index (κ1) is 24.2. The first-order valence-corrected chi connectivity index (χ1v) is 12.3. The van der Waals surface area contributed by atoms with Crippen LogP contribution in [0.1, 0.15) is 16.5 Å². The molecule has 2 aromatic carbocycles. The van der Waals surface area contributed by atoms with E-state index in [9.17, 15) is 23.5 Å². The molecule has 0 aliphatic carbocycles. The summed E-state index contributed by atoms with van der Waals surface area (Å²) in [4.78, 5) is 32.5. The molecule has 184 valence electrons. The number of carbonyl (C=O) groups is 2. The number of anilines is 1. The third-order valence-electron chi connectivity index (χ3n) is 5.61. The molecular weight excluding hydrogens is 534 g/mol. The summed E-state index contributed by atoms with van der Waals surface area (Å²) in [5.74, 6) is -4.11. The predicted molar refractivity (Wildman–Crippen MR) is 133 cm³/mol. The number of Topliss-reactive ketones (excluding diaryl/α,β-unsaturated/α-hetero) is 1. The highest BCUT2D eigenvalue weighted by Crippen LogP contribution is 2.47. The van der Waals surface area contributed by atoms with Gasteiger partial charge in [0.15, 0.2) is 16.8 Å². The zero-order valence-electron chi connectivity index (χ0n) is 18.5. The van der Waals surface area contributed by atoms with Crippen molar-refractivity contribution < 1.29 is 33.0 Å². The number of methoxy groups -OCH3 is 2. The van der Waals surface area contributed by atoms with Crippen LogP contribution in [0.2, 0.25) is 5.02 Å². The van der Waals surface area contributed by atoms with Gasteiger partial charge in [-0.1, -0.05) is 29.0 Å². The van der Waals surface area contributed by atoms with Crippen LogP contribution in [0, 0.1) is 11.6 Å². The minimum atomic E-state index is -1.08. The monoisotopic (exact) mass is 548 g/mol. The van der Waals surface area contributed by atoms with Crippen LogP contribution in [0.5, 0.6) is 11.5 Å². The highest BCUT2D eigenvalue weighted by Gasteiger charge is 2.49. The van der Waals surface area contributed by atoms with E-state index in [1.807, 2.05) is 0 Å². The number of rotatable bonds is 5. The minimum Gasteiger partial charge on any atom is -0.507 e. The molecule has 1 amide bonds. The third-order valence-corrected chi connectivity index (χ3v) is 7.85. The number of aliphatic hydroxyl groups is 1. The van der Waals surface area contributed by atoms with Crippen molar-refractivity contribution in [1.29, 1.82) is 0 Å². The van der Waals surface area contributed by atoms with E-state index in [0.717, 1.165) is 28.4 Å². The van der Waals surface area contributed by atoms with Crippen LogP contribution in [0.4, 0.5) is 13.9 Å². The van der Waals surface area contributed by atoms with Crippen LogP contribution in [0.15, 0.2) is 47.4 Å². The normalized spacial score (nSPS) is 17.2. The van der Waals surface area contributed by atoms with Crippen molar-refractivity contribution >= 4 is 67.1 Å². The van der Waals surface area contributed by atoms with Crippen molar-refractivity contribution in [3.05, 3.63) is 74.4 Å². The Morgan fingerprint density at radius 2 is 1.83 bits per heavy atom. The van der Waals surface area contributed by atoms with E-state index in [4.69, 9.17) is 21.1 Å². The molecule has 3 heterocycles. The van der Waals surface area contributed by atoms with Crippen molar-refractivity contribution in [3.63, 3.8) is 0 Å². The van der Waals surface area contributed by atoms with Gasteiger partial charge in [0.1, 0.15) is 23.3 Å². The van der Waals surface area contributed by atoms with Crippen LogP contribution in [-0.4, -0.2) is 36.0 Å². The second-order valence-corrected chi connectivity index (χ2v) is 10.00. The number of ether oxygens (including phenoxy) is 2. The highest BCUT2D eigenvalue weighted by atomic mass is 35.5. The number of benzene rings is 2. The van der Waals surface area contributed by atoms with Crippen molar-refractivity contribution in [3.8, 4) is 11.5 Å². The summed E-state index contributed by atoms with van der Waals surface area (Å²) in [6, 6.07) is 7.10. The van der Waals surface area contributed by atoms with E-state index >= 15 is 0 Å². The maximum absolute atomic E-state index is 13.8. The molecule has 0 saturated carbocycles. The largest absolute Gasteiger partial charge is 0.507 e. The SMILES string of the molecule is COc1cc(OC)c(/C(O)=C2\C(=O)C(=O)N(c3nc4cc(F)c(F)cc4s3)C2c2cccs2)cc1Cl. The molecule has 1 aliphatic rings. The van der Waals surface area contributed by atoms with Gasteiger partial charge in [0.2, 0.25) is 0 Å². The van der Waals surface area contributed by atoms with E-state index in [1.54, 1.807) is 17.5 Å². The predicted octanol–water partition coefficient (Wildman–Crippen LogP) is 5.93. The molecule has 0 radical (unpaired) electrons.